The molecule has 114 valence electrons. The van der Waals surface area contributed by atoms with Crippen LogP contribution in [0.3, 0.4) is 0 Å². The van der Waals surface area contributed by atoms with Crippen LogP contribution in [0.2, 0.25) is 0 Å². The quantitative estimate of drug-likeness (QED) is 0.711. The zero-order valence-corrected chi connectivity index (χ0v) is 13.9. The largest absolute Gasteiger partial charge is 0.336 e. The molecule has 8 heteroatoms. The van der Waals surface area contributed by atoms with Gasteiger partial charge < -0.3 is 4.90 Å². The van der Waals surface area contributed by atoms with Crippen LogP contribution in [0.4, 0.5) is 0 Å². The van der Waals surface area contributed by atoms with Crippen LogP contribution in [0.15, 0.2) is 35.3 Å². The topological polar surface area (TPSA) is 68.3 Å². The molecular weight excluding hydrogens is 348 g/mol. The third-order valence-corrected chi connectivity index (χ3v) is 4.10. The van der Waals surface area contributed by atoms with Crippen molar-refractivity contribution < 1.29 is 4.79 Å². The lowest BCUT2D eigenvalue weighted by molar-refractivity contribution is 0.0783. The van der Waals surface area contributed by atoms with Crippen LogP contribution >= 0.6 is 15.9 Å². The van der Waals surface area contributed by atoms with Crippen molar-refractivity contribution in [3.63, 3.8) is 0 Å². The SMILES string of the molecule is CCn1ncc(Br)c1CN(C)C(=O)c1cnn2cccnc12. The van der Waals surface area contributed by atoms with Crippen LogP contribution in [0.1, 0.15) is 23.0 Å². The number of amides is 1. The maximum atomic E-state index is 12.6. The Hall–Kier alpha value is -2.22. The van der Waals surface area contributed by atoms with E-state index < -0.39 is 0 Å². The minimum atomic E-state index is -0.121. The van der Waals surface area contributed by atoms with E-state index in [2.05, 4.69) is 31.1 Å². The van der Waals surface area contributed by atoms with E-state index in [1.54, 1.807) is 47.3 Å². The van der Waals surface area contributed by atoms with E-state index in [-0.39, 0.29) is 5.91 Å². The highest BCUT2D eigenvalue weighted by molar-refractivity contribution is 9.10. The van der Waals surface area contributed by atoms with Crippen molar-refractivity contribution in [1.82, 2.24) is 29.3 Å². The molecule has 22 heavy (non-hydrogen) atoms. The van der Waals surface area contributed by atoms with Gasteiger partial charge in [-0.15, -0.1) is 0 Å². The fourth-order valence-corrected chi connectivity index (χ4v) is 2.72. The monoisotopic (exact) mass is 362 g/mol. The van der Waals surface area contributed by atoms with Crippen molar-refractivity contribution >= 4 is 27.5 Å². The van der Waals surface area contributed by atoms with E-state index in [1.165, 1.54) is 0 Å². The second kappa shape index (κ2) is 5.88. The Morgan fingerprint density at radius 3 is 2.95 bits per heavy atom. The van der Waals surface area contributed by atoms with Gasteiger partial charge in [-0.1, -0.05) is 0 Å². The van der Waals surface area contributed by atoms with Crippen molar-refractivity contribution in [3.8, 4) is 0 Å². The molecule has 0 fully saturated rings. The number of aryl methyl sites for hydroxylation is 1. The smallest absolute Gasteiger partial charge is 0.259 e. The Morgan fingerprint density at radius 1 is 1.36 bits per heavy atom. The summed E-state index contributed by atoms with van der Waals surface area (Å²) in [6, 6.07) is 1.77. The van der Waals surface area contributed by atoms with E-state index in [0.717, 1.165) is 16.7 Å². The summed E-state index contributed by atoms with van der Waals surface area (Å²) in [6.07, 6.45) is 6.71. The Labute approximate surface area is 135 Å². The van der Waals surface area contributed by atoms with Crippen molar-refractivity contribution in [2.45, 2.75) is 20.0 Å². The van der Waals surface area contributed by atoms with Gasteiger partial charge in [0, 0.05) is 26.0 Å². The molecule has 0 saturated carbocycles. The number of carbonyl (C=O) groups excluding carboxylic acids is 1. The molecule has 0 aliphatic carbocycles. The number of nitrogens with zero attached hydrogens (tertiary/aromatic N) is 6. The first-order valence-electron chi connectivity index (χ1n) is 6.85. The predicted molar refractivity (Wildman–Crippen MR) is 84.4 cm³/mol. The number of aromatic nitrogens is 5. The second-order valence-electron chi connectivity index (χ2n) is 4.86. The summed E-state index contributed by atoms with van der Waals surface area (Å²) in [5.74, 6) is -0.121. The fraction of sp³-hybridized carbons (Fsp3) is 0.286. The number of halogens is 1. The summed E-state index contributed by atoms with van der Waals surface area (Å²) >= 11 is 3.47. The van der Waals surface area contributed by atoms with Gasteiger partial charge in [0.1, 0.15) is 5.56 Å². The molecular formula is C14H15BrN6O. The number of hydrogen-bond acceptors (Lipinski definition) is 4. The van der Waals surface area contributed by atoms with Crippen molar-refractivity contribution in [1.29, 1.82) is 0 Å². The third kappa shape index (κ3) is 2.50. The fourth-order valence-electron chi connectivity index (χ4n) is 2.30. The van der Waals surface area contributed by atoms with E-state index in [9.17, 15) is 4.79 Å². The molecule has 0 spiro atoms. The summed E-state index contributed by atoms with van der Waals surface area (Å²) < 4.78 is 4.35. The third-order valence-electron chi connectivity index (χ3n) is 3.44. The lowest BCUT2D eigenvalue weighted by atomic mass is 10.3. The first-order valence-corrected chi connectivity index (χ1v) is 7.65. The van der Waals surface area contributed by atoms with Crippen LogP contribution < -0.4 is 0 Å². The maximum absolute atomic E-state index is 12.6. The van der Waals surface area contributed by atoms with Crippen LogP contribution in [0, 0.1) is 0 Å². The molecule has 0 aliphatic rings. The van der Waals surface area contributed by atoms with Gasteiger partial charge >= 0.3 is 0 Å². The number of rotatable bonds is 4. The van der Waals surface area contributed by atoms with E-state index >= 15 is 0 Å². The lowest BCUT2D eigenvalue weighted by Gasteiger charge is -2.17. The summed E-state index contributed by atoms with van der Waals surface area (Å²) in [4.78, 5) is 18.5. The van der Waals surface area contributed by atoms with E-state index in [0.29, 0.717) is 17.8 Å². The highest BCUT2D eigenvalue weighted by Crippen LogP contribution is 2.19. The number of carbonyl (C=O) groups is 1. The zero-order valence-electron chi connectivity index (χ0n) is 12.3. The molecule has 0 radical (unpaired) electrons. The molecule has 3 heterocycles. The Balaban J connectivity index is 1.87. The molecule has 3 aromatic rings. The first-order chi connectivity index (χ1) is 10.6. The number of fused-ring (bicyclic) bond motifs is 1. The lowest BCUT2D eigenvalue weighted by Crippen LogP contribution is -2.27. The van der Waals surface area contributed by atoms with Gasteiger partial charge in [0.15, 0.2) is 5.65 Å². The van der Waals surface area contributed by atoms with E-state index in [4.69, 9.17) is 0 Å². The Kier molecular flexibility index (Phi) is 3.93. The minimum Gasteiger partial charge on any atom is -0.336 e. The molecule has 0 aromatic carbocycles. The van der Waals surface area contributed by atoms with Gasteiger partial charge in [0.25, 0.3) is 5.91 Å². The molecule has 0 unspecified atom stereocenters. The van der Waals surface area contributed by atoms with Crippen LogP contribution in [-0.4, -0.2) is 42.2 Å². The van der Waals surface area contributed by atoms with Crippen LogP contribution in [-0.2, 0) is 13.1 Å². The molecule has 3 aromatic heterocycles. The van der Waals surface area contributed by atoms with Gasteiger partial charge in [0.05, 0.1) is 29.1 Å². The van der Waals surface area contributed by atoms with E-state index in [1.807, 2.05) is 11.6 Å². The first kappa shape index (κ1) is 14.7. The van der Waals surface area contributed by atoms with Gasteiger partial charge in [-0.05, 0) is 28.9 Å². The molecule has 0 saturated heterocycles. The maximum Gasteiger partial charge on any atom is 0.259 e. The molecule has 0 N–H and O–H groups in total. The minimum absolute atomic E-state index is 0.121. The van der Waals surface area contributed by atoms with Crippen molar-refractivity contribution in [2.24, 2.45) is 0 Å². The Morgan fingerprint density at radius 2 is 2.18 bits per heavy atom. The summed E-state index contributed by atoms with van der Waals surface area (Å²) in [7, 11) is 1.76. The summed E-state index contributed by atoms with van der Waals surface area (Å²) in [5.41, 5.74) is 2.01. The molecule has 0 aliphatic heterocycles. The average Bonchev–Trinajstić information content (AvgIpc) is 3.11. The predicted octanol–water partition coefficient (Wildman–Crippen LogP) is 1.98. The summed E-state index contributed by atoms with van der Waals surface area (Å²) in [5, 5.41) is 8.41. The molecule has 0 atom stereocenters. The molecule has 0 bridgehead atoms. The standard InChI is InChI=1S/C14H15BrN6O/c1-3-20-12(11(15)8-18-20)9-19(2)14(22)10-7-17-21-6-4-5-16-13(10)21/h4-8H,3,9H2,1-2H3. The Bertz CT molecular complexity index is 824. The molecule has 1 amide bonds. The van der Waals surface area contributed by atoms with Gasteiger partial charge in [-0.25, -0.2) is 9.50 Å². The summed E-state index contributed by atoms with van der Waals surface area (Å²) in [6.45, 7) is 3.22. The second-order valence-corrected chi connectivity index (χ2v) is 5.72. The van der Waals surface area contributed by atoms with Crippen LogP contribution in [0.25, 0.3) is 5.65 Å². The van der Waals surface area contributed by atoms with Gasteiger partial charge in [-0.3, -0.25) is 9.48 Å². The zero-order chi connectivity index (χ0) is 15.7. The molecule has 7 nitrogen and oxygen atoms in total. The van der Waals surface area contributed by atoms with Crippen molar-refractivity contribution in [2.75, 3.05) is 7.05 Å². The average molecular weight is 363 g/mol. The highest BCUT2D eigenvalue weighted by atomic mass is 79.9. The van der Waals surface area contributed by atoms with Crippen LogP contribution in [0.5, 0.6) is 0 Å². The number of hydrogen-bond donors (Lipinski definition) is 0. The molecule has 3 rings (SSSR count). The highest BCUT2D eigenvalue weighted by Gasteiger charge is 2.20. The van der Waals surface area contributed by atoms with Crippen molar-refractivity contribution in [3.05, 3.63) is 46.6 Å². The van der Waals surface area contributed by atoms with Gasteiger partial charge in [0.2, 0.25) is 0 Å². The normalized spacial score (nSPS) is 11.0. The van der Waals surface area contributed by atoms with Gasteiger partial charge in [-0.2, -0.15) is 10.2 Å².